The van der Waals surface area contributed by atoms with E-state index in [-0.39, 0.29) is 12.1 Å². The van der Waals surface area contributed by atoms with Gasteiger partial charge in [-0.15, -0.1) is 0 Å². The maximum absolute atomic E-state index is 9.52. The number of aliphatic hydroxyl groups is 1. The fraction of sp³-hybridized carbons (Fsp3) is 1.00. The van der Waals surface area contributed by atoms with Gasteiger partial charge in [-0.1, -0.05) is 13.8 Å². The number of aliphatic hydroxyl groups excluding tert-OH is 1. The molecule has 1 saturated heterocycles. The predicted octanol–water partition coefficient (Wildman–Crippen LogP) is -0.0172. The molecule has 16 heavy (non-hydrogen) atoms. The van der Waals surface area contributed by atoms with Crippen LogP contribution in [-0.2, 0) is 0 Å². The zero-order valence-electron chi connectivity index (χ0n) is 11.2. The van der Waals surface area contributed by atoms with Gasteiger partial charge in [-0.05, 0) is 14.0 Å². The first-order valence-electron chi connectivity index (χ1n) is 6.25. The molecular weight excluding hydrogens is 202 g/mol. The third kappa shape index (κ3) is 4.37. The molecule has 0 spiro atoms. The predicted molar refractivity (Wildman–Crippen MR) is 67.7 cm³/mol. The van der Waals surface area contributed by atoms with Crippen molar-refractivity contribution >= 4 is 0 Å². The Morgan fingerprint density at radius 1 is 1.25 bits per heavy atom. The molecule has 1 unspecified atom stereocenters. The highest BCUT2D eigenvalue weighted by Crippen LogP contribution is 2.09. The molecule has 1 rings (SSSR count). The average molecular weight is 229 g/mol. The molecule has 0 aromatic rings. The van der Waals surface area contributed by atoms with E-state index in [9.17, 15) is 5.11 Å². The molecule has 2 N–H and O–H groups in total. The molecule has 4 heteroatoms. The summed E-state index contributed by atoms with van der Waals surface area (Å²) < 4.78 is 0. The van der Waals surface area contributed by atoms with Gasteiger partial charge in [0.15, 0.2) is 0 Å². The maximum Gasteiger partial charge on any atom is 0.0623 e. The van der Waals surface area contributed by atoms with Crippen molar-refractivity contribution in [2.45, 2.75) is 32.4 Å². The van der Waals surface area contributed by atoms with Crippen LogP contribution in [0, 0.1) is 0 Å². The molecule has 1 aliphatic rings. The molecule has 0 aromatic heterocycles. The van der Waals surface area contributed by atoms with Crippen LogP contribution in [0.15, 0.2) is 0 Å². The molecule has 1 heterocycles. The van der Waals surface area contributed by atoms with Crippen molar-refractivity contribution in [3.63, 3.8) is 0 Å². The summed E-state index contributed by atoms with van der Waals surface area (Å²) in [6, 6.07) is 0.407. The molecule has 1 fully saturated rings. The van der Waals surface area contributed by atoms with Gasteiger partial charge in [0.05, 0.1) is 12.1 Å². The number of piperazine rings is 1. The van der Waals surface area contributed by atoms with Crippen LogP contribution in [0.5, 0.6) is 0 Å². The van der Waals surface area contributed by atoms with Gasteiger partial charge in [-0.25, -0.2) is 0 Å². The van der Waals surface area contributed by atoms with E-state index in [2.05, 4.69) is 42.9 Å². The smallest absolute Gasteiger partial charge is 0.0623 e. The lowest BCUT2D eigenvalue weighted by Crippen LogP contribution is -2.58. The first kappa shape index (κ1) is 13.9. The summed E-state index contributed by atoms with van der Waals surface area (Å²) in [5.74, 6) is 0. The lowest BCUT2D eigenvalue weighted by Gasteiger charge is -2.40. The topological polar surface area (TPSA) is 38.7 Å². The zero-order chi connectivity index (χ0) is 12.2. The van der Waals surface area contributed by atoms with Crippen LogP contribution < -0.4 is 5.32 Å². The Labute approximate surface area is 99.6 Å². The third-order valence-corrected chi connectivity index (χ3v) is 3.15. The zero-order valence-corrected chi connectivity index (χ0v) is 11.2. The maximum atomic E-state index is 9.52. The van der Waals surface area contributed by atoms with E-state index in [1.807, 2.05) is 0 Å². The Balaban J connectivity index is 2.43. The minimum atomic E-state index is -0.177. The number of hydrogen-bond donors (Lipinski definition) is 2. The van der Waals surface area contributed by atoms with Gasteiger partial charge >= 0.3 is 0 Å². The number of nitrogens with zero attached hydrogens (tertiary/aromatic N) is 2. The summed E-state index contributed by atoms with van der Waals surface area (Å²) in [4.78, 5) is 4.79. The second kappa shape index (κ2) is 5.96. The van der Waals surface area contributed by atoms with Crippen LogP contribution >= 0.6 is 0 Å². The highest BCUT2D eigenvalue weighted by Gasteiger charge is 2.28. The van der Waals surface area contributed by atoms with Crippen LogP contribution in [-0.4, -0.2) is 72.9 Å². The number of rotatable bonds is 5. The Hall–Kier alpha value is -0.160. The number of hydrogen-bond acceptors (Lipinski definition) is 4. The normalized spacial score (nSPS) is 23.6. The molecule has 0 saturated carbocycles. The summed E-state index contributed by atoms with van der Waals surface area (Å²) in [5, 5.41) is 13.0. The first-order chi connectivity index (χ1) is 7.45. The molecule has 0 aromatic carbocycles. The van der Waals surface area contributed by atoms with E-state index in [1.165, 1.54) is 0 Å². The molecular formula is C12H27N3O. The highest BCUT2D eigenvalue weighted by atomic mass is 16.3. The highest BCUT2D eigenvalue weighted by molar-refractivity contribution is 4.88. The number of nitrogens with one attached hydrogen (secondary N) is 1. The summed E-state index contributed by atoms with van der Waals surface area (Å²) in [6.07, 6.45) is 0. The van der Waals surface area contributed by atoms with E-state index < -0.39 is 0 Å². The molecule has 0 aliphatic carbocycles. The molecule has 1 aliphatic heterocycles. The van der Waals surface area contributed by atoms with Gasteiger partial charge in [0.1, 0.15) is 0 Å². The van der Waals surface area contributed by atoms with Gasteiger partial charge in [0.25, 0.3) is 0 Å². The molecule has 0 bridgehead atoms. The third-order valence-electron chi connectivity index (χ3n) is 3.15. The van der Waals surface area contributed by atoms with Gasteiger partial charge in [-0.2, -0.15) is 0 Å². The Morgan fingerprint density at radius 3 is 2.25 bits per heavy atom. The van der Waals surface area contributed by atoms with Crippen LogP contribution in [0.4, 0.5) is 0 Å². The van der Waals surface area contributed by atoms with Gasteiger partial charge in [0, 0.05) is 38.8 Å². The van der Waals surface area contributed by atoms with Crippen molar-refractivity contribution < 1.29 is 5.11 Å². The minimum Gasteiger partial charge on any atom is -0.394 e. The average Bonchev–Trinajstić information content (AvgIpc) is 2.20. The lowest BCUT2D eigenvalue weighted by molar-refractivity contribution is 0.0826. The fourth-order valence-electron chi connectivity index (χ4n) is 2.34. The van der Waals surface area contributed by atoms with Crippen molar-refractivity contribution in [1.29, 1.82) is 0 Å². The van der Waals surface area contributed by atoms with Crippen LogP contribution in [0.2, 0.25) is 0 Å². The van der Waals surface area contributed by atoms with Crippen molar-refractivity contribution in [1.82, 2.24) is 15.1 Å². The van der Waals surface area contributed by atoms with E-state index in [0.29, 0.717) is 6.04 Å². The quantitative estimate of drug-likeness (QED) is 0.695. The van der Waals surface area contributed by atoms with E-state index in [1.54, 1.807) is 0 Å². The van der Waals surface area contributed by atoms with Crippen LogP contribution in [0.3, 0.4) is 0 Å². The summed E-state index contributed by atoms with van der Waals surface area (Å²) in [5.41, 5.74) is -0.177. The molecule has 96 valence electrons. The van der Waals surface area contributed by atoms with Crippen molar-refractivity contribution in [2.24, 2.45) is 0 Å². The summed E-state index contributed by atoms with van der Waals surface area (Å²) in [6.45, 7) is 11.9. The van der Waals surface area contributed by atoms with Crippen LogP contribution in [0.1, 0.15) is 20.8 Å². The monoisotopic (exact) mass is 229 g/mol. The summed E-state index contributed by atoms with van der Waals surface area (Å²) in [7, 11) is 2.16. The fourth-order valence-corrected chi connectivity index (χ4v) is 2.34. The molecule has 4 nitrogen and oxygen atoms in total. The van der Waals surface area contributed by atoms with Crippen molar-refractivity contribution in [2.75, 3.05) is 46.4 Å². The van der Waals surface area contributed by atoms with E-state index in [4.69, 9.17) is 0 Å². The second-order valence-electron chi connectivity index (χ2n) is 5.60. The second-order valence-corrected chi connectivity index (χ2v) is 5.60. The van der Waals surface area contributed by atoms with E-state index in [0.717, 1.165) is 32.7 Å². The Kier molecular flexibility index (Phi) is 5.18. The van der Waals surface area contributed by atoms with Gasteiger partial charge in [-0.3, -0.25) is 4.90 Å². The van der Waals surface area contributed by atoms with Gasteiger partial charge < -0.3 is 15.3 Å². The minimum absolute atomic E-state index is 0.177. The standard InChI is InChI=1S/C12H27N3O/c1-11(2)13-12(3,10-16)9-15-7-5-14(4)6-8-15/h11,13,16H,5-10H2,1-4H3. The largest absolute Gasteiger partial charge is 0.394 e. The summed E-state index contributed by atoms with van der Waals surface area (Å²) >= 11 is 0. The van der Waals surface area contributed by atoms with E-state index >= 15 is 0 Å². The Bertz CT molecular complexity index is 202. The number of likely N-dealkylation sites (N-methyl/N-ethyl adjacent to an activating group) is 1. The molecule has 0 amide bonds. The molecule has 1 atom stereocenters. The SMILES string of the molecule is CC(C)NC(C)(CO)CN1CCN(C)CC1. The van der Waals surface area contributed by atoms with Crippen molar-refractivity contribution in [3.8, 4) is 0 Å². The Morgan fingerprint density at radius 2 is 1.81 bits per heavy atom. The lowest BCUT2D eigenvalue weighted by atomic mass is 10.0. The van der Waals surface area contributed by atoms with Crippen molar-refractivity contribution in [3.05, 3.63) is 0 Å². The molecule has 0 radical (unpaired) electrons. The first-order valence-corrected chi connectivity index (χ1v) is 6.25. The van der Waals surface area contributed by atoms with Gasteiger partial charge in [0.2, 0.25) is 0 Å². The van der Waals surface area contributed by atoms with Crippen LogP contribution in [0.25, 0.3) is 0 Å².